The molecular weight excluding hydrogens is 286 g/mol. The summed E-state index contributed by atoms with van der Waals surface area (Å²) >= 11 is 5.87. The van der Waals surface area contributed by atoms with E-state index in [9.17, 15) is 8.42 Å². The zero-order chi connectivity index (χ0) is 15.0. The Morgan fingerprint density at radius 3 is 2.21 bits per heavy atom. The Hall–Kier alpha value is -0.520. The Bertz CT molecular complexity index is 561. The van der Waals surface area contributed by atoms with Crippen molar-refractivity contribution in [2.24, 2.45) is 0 Å². The molecule has 0 radical (unpaired) electrons. The lowest BCUT2D eigenvalue weighted by Crippen LogP contribution is -2.44. The summed E-state index contributed by atoms with van der Waals surface area (Å²) in [5.41, 5.74) is 0.0953. The fourth-order valence-corrected chi connectivity index (χ4v) is 4.27. The molecule has 0 aromatic carbocycles. The molecule has 1 aromatic heterocycles. The highest BCUT2D eigenvalue weighted by molar-refractivity contribution is 7.89. The van der Waals surface area contributed by atoms with E-state index in [0.717, 1.165) is 6.42 Å². The summed E-state index contributed by atoms with van der Waals surface area (Å²) in [7, 11) is -2.01. The third-order valence-electron chi connectivity index (χ3n) is 3.79. The fourth-order valence-electron chi connectivity index (χ4n) is 1.89. The standard InChI is InChI=1S/C13H22ClNO3S/c1-7-13(4,5)15(6)19(16,17)12-10(3)18-9(2)11(12)8-14/h7-8H2,1-6H3. The maximum absolute atomic E-state index is 12.8. The van der Waals surface area contributed by atoms with Crippen LogP contribution in [0.5, 0.6) is 0 Å². The quantitative estimate of drug-likeness (QED) is 0.783. The second-order valence-electron chi connectivity index (χ2n) is 5.29. The van der Waals surface area contributed by atoms with Crippen LogP contribution in [0.25, 0.3) is 0 Å². The van der Waals surface area contributed by atoms with Crippen molar-refractivity contribution >= 4 is 21.6 Å². The molecule has 110 valence electrons. The maximum atomic E-state index is 12.8. The van der Waals surface area contributed by atoms with Crippen molar-refractivity contribution in [3.8, 4) is 0 Å². The highest BCUT2D eigenvalue weighted by Gasteiger charge is 2.36. The predicted octanol–water partition coefficient (Wildman–Crippen LogP) is 3.44. The molecule has 0 spiro atoms. The molecule has 1 aromatic rings. The van der Waals surface area contributed by atoms with Crippen LogP contribution in [-0.2, 0) is 15.9 Å². The van der Waals surface area contributed by atoms with E-state index < -0.39 is 15.6 Å². The number of sulfonamides is 1. The molecule has 0 bridgehead atoms. The van der Waals surface area contributed by atoms with Crippen LogP contribution in [0.4, 0.5) is 0 Å². The van der Waals surface area contributed by atoms with Crippen LogP contribution in [0.2, 0.25) is 0 Å². The summed E-state index contributed by atoms with van der Waals surface area (Å²) in [5, 5.41) is 0. The topological polar surface area (TPSA) is 50.5 Å². The molecule has 0 saturated heterocycles. The summed E-state index contributed by atoms with van der Waals surface area (Å²) in [6.45, 7) is 9.14. The smallest absolute Gasteiger partial charge is 0.247 e. The van der Waals surface area contributed by atoms with Crippen LogP contribution in [0, 0.1) is 13.8 Å². The van der Waals surface area contributed by atoms with E-state index >= 15 is 0 Å². The lowest BCUT2D eigenvalue weighted by Gasteiger charge is -2.33. The van der Waals surface area contributed by atoms with E-state index in [2.05, 4.69) is 0 Å². The minimum Gasteiger partial charge on any atom is -0.465 e. The van der Waals surface area contributed by atoms with Crippen molar-refractivity contribution < 1.29 is 12.8 Å². The third-order valence-corrected chi connectivity index (χ3v) is 6.33. The van der Waals surface area contributed by atoms with E-state index in [0.29, 0.717) is 17.1 Å². The van der Waals surface area contributed by atoms with Crippen LogP contribution in [0.3, 0.4) is 0 Å². The molecule has 0 atom stereocenters. The highest BCUT2D eigenvalue weighted by atomic mass is 35.5. The second-order valence-corrected chi connectivity index (χ2v) is 7.47. The Labute approximate surface area is 120 Å². The number of hydrogen-bond acceptors (Lipinski definition) is 3. The van der Waals surface area contributed by atoms with E-state index in [1.165, 1.54) is 4.31 Å². The van der Waals surface area contributed by atoms with Crippen LogP contribution < -0.4 is 0 Å². The largest absolute Gasteiger partial charge is 0.465 e. The van der Waals surface area contributed by atoms with Gasteiger partial charge in [0.05, 0.1) is 5.88 Å². The van der Waals surface area contributed by atoms with E-state index in [1.807, 2.05) is 20.8 Å². The zero-order valence-electron chi connectivity index (χ0n) is 12.4. The number of rotatable bonds is 5. The Kier molecular flexibility index (Phi) is 4.75. The van der Waals surface area contributed by atoms with E-state index in [1.54, 1.807) is 20.9 Å². The molecular formula is C13H22ClNO3S. The molecule has 1 heterocycles. The van der Waals surface area contributed by atoms with Crippen LogP contribution in [0.1, 0.15) is 44.3 Å². The van der Waals surface area contributed by atoms with Crippen LogP contribution in [0.15, 0.2) is 9.31 Å². The molecule has 0 N–H and O–H groups in total. The molecule has 0 aliphatic rings. The van der Waals surface area contributed by atoms with Gasteiger partial charge in [-0.1, -0.05) is 6.92 Å². The maximum Gasteiger partial charge on any atom is 0.247 e. The lowest BCUT2D eigenvalue weighted by molar-refractivity contribution is 0.256. The molecule has 0 unspecified atom stereocenters. The minimum absolute atomic E-state index is 0.123. The van der Waals surface area contributed by atoms with E-state index in [4.69, 9.17) is 16.0 Å². The Morgan fingerprint density at radius 1 is 1.26 bits per heavy atom. The molecule has 1 rings (SSSR count). The fraction of sp³-hybridized carbons (Fsp3) is 0.692. The summed E-state index contributed by atoms with van der Waals surface area (Å²) in [5.74, 6) is 1.08. The van der Waals surface area contributed by atoms with Crippen molar-refractivity contribution in [1.29, 1.82) is 0 Å². The van der Waals surface area contributed by atoms with Gasteiger partial charge in [0, 0.05) is 18.2 Å². The summed E-state index contributed by atoms with van der Waals surface area (Å²) < 4.78 is 32.3. The number of aryl methyl sites for hydroxylation is 2. The minimum atomic E-state index is -3.61. The molecule has 0 aliphatic heterocycles. The molecule has 4 nitrogen and oxygen atoms in total. The molecule has 6 heteroatoms. The molecule has 0 aliphatic carbocycles. The number of halogens is 1. The normalized spacial score (nSPS) is 13.3. The first-order valence-electron chi connectivity index (χ1n) is 6.23. The Morgan fingerprint density at radius 2 is 1.79 bits per heavy atom. The SMILES string of the molecule is CCC(C)(C)N(C)S(=O)(=O)c1c(C)oc(C)c1CCl. The average molecular weight is 308 g/mol. The van der Waals surface area contributed by atoms with Gasteiger partial charge in [0.1, 0.15) is 16.4 Å². The van der Waals surface area contributed by atoms with E-state index in [-0.39, 0.29) is 10.8 Å². The van der Waals surface area contributed by atoms with Crippen LogP contribution in [-0.4, -0.2) is 25.3 Å². The zero-order valence-corrected chi connectivity index (χ0v) is 13.9. The van der Waals surface area contributed by atoms with Crippen molar-refractivity contribution in [3.05, 3.63) is 17.1 Å². The predicted molar refractivity (Wildman–Crippen MR) is 77.1 cm³/mol. The van der Waals surface area contributed by atoms with Crippen molar-refractivity contribution in [2.45, 2.75) is 57.4 Å². The van der Waals surface area contributed by atoms with Gasteiger partial charge in [-0.05, 0) is 34.1 Å². The van der Waals surface area contributed by atoms with Gasteiger partial charge in [-0.25, -0.2) is 8.42 Å². The second kappa shape index (κ2) is 5.46. The van der Waals surface area contributed by atoms with Crippen LogP contribution >= 0.6 is 11.6 Å². The monoisotopic (exact) mass is 307 g/mol. The van der Waals surface area contributed by atoms with Gasteiger partial charge in [-0.2, -0.15) is 4.31 Å². The van der Waals surface area contributed by atoms with Gasteiger partial charge in [0.25, 0.3) is 0 Å². The van der Waals surface area contributed by atoms with Gasteiger partial charge >= 0.3 is 0 Å². The van der Waals surface area contributed by atoms with Crippen molar-refractivity contribution in [2.75, 3.05) is 7.05 Å². The number of hydrogen-bond donors (Lipinski definition) is 0. The molecule has 19 heavy (non-hydrogen) atoms. The van der Waals surface area contributed by atoms with Gasteiger partial charge < -0.3 is 4.42 Å². The number of alkyl halides is 1. The average Bonchev–Trinajstić information content (AvgIpc) is 2.62. The first-order chi connectivity index (χ1) is 8.59. The third kappa shape index (κ3) is 2.83. The molecule has 0 saturated carbocycles. The molecule has 0 amide bonds. The first-order valence-corrected chi connectivity index (χ1v) is 8.21. The Balaban J connectivity index is 3.45. The lowest BCUT2D eigenvalue weighted by atomic mass is 10.0. The van der Waals surface area contributed by atoms with Gasteiger partial charge in [-0.3, -0.25) is 0 Å². The van der Waals surface area contributed by atoms with Gasteiger partial charge in [0.15, 0.2) is 0 Å². The summed E-state index contributed by atoms with van der Waals surface area (Å²) in [4.78, 5) is 0.212. The molecule has 0 fully saturated rings. The summed E-state index contributed by atoms with van der Waals surface area (Å²) in [6, 6.07) is 0. The van der Waals surface area contributed by atoms with Crippen molar-refractivity contribution in [3.63, 3.8) is 0 Å². The number of nitrogens with zero attached hydrogens (tertiary/aromatic N) is 1. The van der Waals surface area contributed by atoms with Gasteiger partial charge in [-0.15, -0.1) is 11.6 Å². The highest BCUT2D eigenvalue weighted by Crippen LogP contribution is 2.33. The van der Waals surface area contributed by atoms with Crippen molar-refractivity contribution in [1.82, 2.24) is 4.31 Å². The number of furan rings is 1. The van der Waals surface area contributed by atoms with Gasteiger partial charge in [0.2, 0.25) is 10.0 Å². The summed E-state index contributed by atoms with van der Waals surface area (Å²) in [6.07, 6.45) is 0.717. The first kappa shape index (κ1) is 16.5.